The van der Waals surface area contributed by atoms with Gasteiger partial charge in [0.05, 0.1) is 11.7 Å². The molecule has 0 atom stereocenters. The van der Waals surface area contributed by atoms with Crippen molar-refractivity contribution in [3.63, 3.8) is 0 Å². The zero-order valence-corrected chi connectivity index (χ0v) is 9.58. The van der Waals surface area contributed by atoms with E-state index in [1.54, 1.807) is 7.11 Å². The number of hydrogen-bond donors (Lipinski definition) is 2. The molecule has 1 fully saturated rings. The number of rotatable bonds is 6. The minimum Gasteiger partial charge on any atom is -0.396 e. The van der Waals surface area contributed by atoms with Crippen molar-refractivity contribution < 1.29 is 14.6 Å². The van der Waals surface area contributed by atoms with Crippen LogP contribution in [0, 0.1) is 0 Å². The molecule has 0 saturated heterocycles. The lowest BCUT2D eigenvalue weighted by Gasteiger charge is -2.38. The fraction of sp³-hybridized carbons (Fsp3) is 1.00. The Labute approximate surface area is 91.7 Å². The van der Waals surface area contributed by atoms with Crippen molar-refractivity contribution in [1.82, 2.24) is 0 Å². The molecule has 3 N–H and O–H groups in total. The maximum Gasteiger partial charge on any atom is 0.0806 e. The van der Waals surface area contributed by atoms with E-state index < -0.39 is 0 Å². The van der Waals surface area contributed by atoms with E-state index >= 15 is 0 Å². The van der Waals surface area contributed by atoms with Gasteiger partial charge in [0.1, 0.15) is 0 Å². The lowest BCUT2D eigenvalue weighted by Crippen LogP contribution is -2.45. The monoisotopic (exact) mass is 217 g/mol. The largest absolute Gasteiger partial charge is 0.396 e. The SMILES string of the molecule is COC1CCC(CN)(OCCCO)CC1. The number of methoxy groups -OCH3 is 1. The topological polar surface area (TPSA) is 64.7 Å². The molecule has 1 rings (SSSR count). The number of aliphatic hydroxyl groups excluding tert-OH is 1. The molecular formula is C11H23NO3. The minimum absolute atomic E-state index is 0.162. The van der Waals surface area contributed by atoms with Gasteiger partial charge in [-0.15, -0.1) is 0 Å². The smallest absolute Gasteiger partial charge is 0.0806 e. The van der Waals surface area contributed by atoms with Crippen molar-refractivity contribution >= 4 is 0 Å². The first-order valence-corrected chi connectivity index (χ1v) is 5.74. The Bertz CT molecular complexity index is 162. The molecule has 0 aliphatic heterocycles. The van der Waals surface area contributed by atoms with Crippen molar-refractivity contribution in [2.75, 3.05) is 26.9 Å². The Morgan fingerprint density at radius 2 is 2.07 bits per heavy atom. The first-order chi connectivity index (χ1) is 7.26. The van der Waals surface area contributed by atoms with Crippen molar-refractivity contribution in [2.24, 2.45) is 5.73 Å². The fourth-order valence-corrected chi connectivity index (χ4v) is 2.11. The lowest BCUT2D eigenvalue weighted by atomic mass is 9.83. The Morgan fingerprint density at radius 1 is 1.40 bits per heavy atom. The lowest BCUT2D eigenvalue weighted by molar-refractivity contribution is -0.0904. The van der Waals surface area contributed by atoms with E-state index in [1.165, 1.54) is 0 Å². The summed E-state index contributed by atoms with van der Waals surface area (Å²) in [6.07, 6.45) is 5.03. The third-order valence-electron chi connectivity index (χ3n) is 3.26. The van der Waals surface area contributed by atoms with E-state index in [1.807, 2.05) is 0 Å². The van der Waals surface area contributed by atoms with Crippen LogP contribution in [0.4, 0.5) is 0 Å². The fourth-order valence-electron chi connectivity index (χ4n) is 2.11. The first-order valence-electron chi connectivity index (χ1n) is 5.74. The normalized spacial score (nSPS) is 31.8. The summed E-state index contributed by atoms with van der Waals surface area (Å²) in [4.78, 5) is 0. The highest BCUT2D eigenvalue weighted by Gasteiger charge is 2.34. The Hall–Kier alpha value is -0.160. The number of ether oxygens (including phenoxy) is 2. The summed E-state index contributed by atoms with van der Waals surface area (Å²) in [6, 6.07) is 0. The minimum atomic E-state index is -0.162. The Kier molecular flexibility index (Phi) is 5.53. The van der Waals surface area contributed by atoms with E-state index in [0.29, 0.717) is 25.7 Å². The van der Waals surface area contributed by atoms with Gasteiger partial charge >= 0.3 is 0 Å². The molecule has 0 heterocycles. The highest BCUT2D eigenvalue weighted by Crippen LogP contribution is 2.32. The molecule has 0 aromatic carbocycles. The quantitative estimate of drug-likeness (QED) is 0.642. The van der Waals surface area contributed by atoms with E-state index in [0.717, 1.165) is 25.7 Å². The average Bonchev–Trinajstić information content (AvgIpc) is 2.30. The molecular weight excluding hydrogens is 194 g/mol. The van der Waals surface area contributed by atoms with Gasteiger partial charge in [-0.3, -0.25) is 0 Å². The maximum atomic E-state index is 8.70. The van der Waals surface area contributed by atoms with Crippen molar-refractivity contribution in [3.8, 4) is 0 Å². The van der Waals surface area contributed by atoms with Crippen LogP contribution in [0.1, 0.15) is 32.1 Å². The molecule has 0 unspecified atom stereocenters. The van der Waals surface area contributed by atoms with Gasteiger partial charge < -0.3 is 20.3 Å². The number of hydrogen-bond acceptors (Lipinski definition) is 4. The molecule has 0 radical (unpaired) electrons. The summed E-state index contributed by atoms with van der Waals surface area (Å²) in [5.41, 5.74) is 5.62. The predicted octanol–water partition coefficient (Wildman–Crippen LogP) is 0.672. The van der Waals surface area contributed by atoms with Crippen molar-refractivity contribution in [3.05, 3.63) is 0 Å². The van der Waals surface area contributed by atoms with Gasteiger partial charge in [-0.05, 0) is 32.1 Å². The van der Waals surface area contributed by atoms with Gasteiger partial charge in [-0.2, -0.15) is 0 Å². The third kappa shape index (κ3) is 3.72. The Balaban J connectivity index is 2.34. The van der Waals surface area contributed by atoms with Crippen LogP contribution in [0.3, 0.4) is 0 Å². The third-order valence-corrected chi connectivity index (χ3v) is 3.26. The van der Waals surface area contributed by atoms with Crippen LogP contribution in [0.2, 0.25) is 0 Å². The van der Waals surface area contributed by atoms with Crippen LogP contribution in [-0.2, 0) is 9.47 Å². The van der Waals surface area contributed by atoms with Gasteiger partial charge in [-0.1, -0.05) is 0 Å². The molecule has 4 nitrogen and oxygen atoms in total. The highest BCUT2D eigenvalue weighted by atomic mass is 16.5. The zero-order valence-electron chi connectivity index (χ0n) is 9.58. The van der Waals surface area contributed by atoms with E-state index in [4.69, 9.17) is 20.3 Å². The highest BCUT2D eigenvalue weighted by molar-refractivity contribution is 4.88. The van der Waals surface area contributed by atoms with Gasteiger partial charge in [0.15, 0.2) is 0 Å². The molecule has 1 aliphatic carbocycles. The van der Waals surface area contributed by atoms with Gasteiger partial charge in [0.2, 0.25) is 0 Å². The Morgan fingerprint density at radius 3 is 2.53 bits per heavy atom. The van der Waals surface area contributed by atoms with Gasteiger partial charge in [0.25, 0.3) is 0 Å². The summed E-state index contributed by atoms with van der Waals surface area (Å²) in [5, 5.41) is 8.70. The molecule has 4 heteroatoms. The van der Waals surface area contributed by atoms with Crippen LogP contribution < -0.4 is 5.73 Å². The predicted molar refractivity (Wildman–Crippen MR) is 58.7 cm³/mol. The molecule has 90 valence electrons. The summed E-state index contributed by atoms with van der Waals surface area (Å²) in [7, 11) is 1.76. The van der Waals surface area contributed by atoms with Crippen LogP contribution >= 0.6 is 0 Å². The van der Waals surface area contributed by atoms with Crippen molar-refractivity contribution in [2.45, 2.75) is 43.8 Å². The number of nitrogens with two attached hydrogens (primary N) is 1. The second kappa shape index (κ2) is 6.43. The average molecular weight is 217 g/mol. The van der Waals surface area contributed by atoms with Crippen LogP contribution in [0.5, 0.6) is 0 Å². The molecule has 0 spiro atoms. The molecule has 15 heavy (non-hydrogen) atoms. The molecule has 1 saturated carbocycles. The van der Waals surface area contributed by atoms with Gasteiger partial charge in [-0.25, -0.2) is 0 Å². The first kappa shape index (κ1) is 12.9. The van der Waals surface area contributed by atoms with Crippen LogP contribution in [0.25, 0.3) is 0 Å². The summed E-state index contributed by atoms with van der Waals surface area (Å²) < 4.78 is 11.1. The standard InChI is InChI=1S/C11H23NO3/c1-14-10-3-5-11(9-12,6-4-10)15-8-2-7-13/h10,13H,2-9,12H2,1H3. The molecule has 1 aliphatic rings. The number of aliphatic hydroxyl groups is 1. The molecule has 0 amide bonds. The second-order valence-electron chi connectivity index (χ2n) is 4.25. The van der Waals surface area contributed by atoms with E-state index in [2.05, 4.69) is 0 Å². The summed E-state index contributed by atoms with van der Waals surface area (Å²) in [6.45, 7) is 1.35. The maximum absolute atomic E-state index is 8.70. The second-order valence-corrected chi connectivity index (χ2v) is 4.25. The van der Waals surface area contributed by atoms with E-state index in [9.17, 15) is 0 Å². The summed E-state index contributed by atoms with van der Waals surface area (Å²) in [5.74, 6) is 0. The summed E-state index contributed by atoms with van der Waals surface area (Å²) >= 11 is 0. The molecule has 0 bridgehead atoms. The van der Waals surface area contributed by atoms with E-state index in [-0.39, 0.29) is 12.2 Å². The molecule has 0 aromatic rings. The van der Waals surface area contributed by atoms with Crippen molar-refractivity contribution in [1.29, 1.82) is 0 Å². The molecule has 0 aromatic heterocycles. The zero-order chi connectivity index (χ0) is 11.1. The van der Waals surface area contributed by atoms with Crippen LogP contribution in [0.15, 0.2) is 0 Å². The van der Waals surface area contributed by atoms with Crippen LogP contribution in [-0.4, -0.2) is 43.7 Å². The van der Waals surface area contributed by atoms with Gasteiger partial charge in [0, 0.05) is 26.9 Å².